The number of benzene rings is 2. The number of amides is 1. The summed E-state index contributed by atoms with van der Waals surface area (Å²) < 4.78 is 5.29. The van der Waals surface area contributed by atoms with E-state index < -0.39 is 0 Å². The van der Waals surface area contributed by atoms with Gasteiger partial charge in [-0.05, 0) is 30.3 Å². The standard InChI is InChI=1S/C16H19N3O2/c1-19(2)16(20)11-8-9-13(12(17)10-11)18-14-6-4-5-7-15(14)21-3/h4-10,18H,17H2,1-3H3. The van der Waals surface area contributed by atoms with E-state index in [9.17, 15) is 4.79 Å². The minimum absolute atomic E-state index is 0.0782. The summed E-state index contributed by atoms with van der Waals surface area (Å²) in [4.78, 5) is 13.4. The number of nitrogens with one attached hydrogen (secondary N) is 1. The minimum atomic E-state index is -0.0782. The van der Waals surface area contributed by atoms with Gasteiger partial charge in [0.1, 0.15) is 5.75 Å². The average Bonchev–Trinajstić information content (AvgIpc) is 2.49. The Morgan fingerprint density at radius 3 is 2.48 bits per heavy atom. The predicted octanol–water partition coefficient (Wildman–Crippen LogP) is 2.72. The summed E-state index contributed by atoms with van der Waals surface area (Å²) >= 11 is 0. The number of carbonyl (C=O) groups is 1. The Bertz CT molecular complexity index is 654. The van der Waals surface area contributed by atoms with Gasteiger partial charge in [0.05, 0.1) is 24.2 Å². The molecule has 0 heterocycles. The number of nitrogens with two attached hydrogens (primary N) is 1. The fourth-order valence-electron chi connectivity index (χ4n) is 1.96. The van der Waals surface area contributed by atoms with Crippen molar-refractivity contribution in [1.29, 1.82) is 0 Å². The van der Waals surface area contributed by atoms with Crippen LogP contribution in [-0.2, 0) is 0 Å². The van der Waals surface area contributed by atoms with Gasteiger partial charge in [-0.3, -0.25) is 4.79 Å². The highest BCUT2D eigenvalue weighted by Gasteiger charge is 2.11. The van der Waals surface area contributed by atoms with Gasteiger partial charge in [-0.25, -0.2) is 0 Å². The molecule has 0 radical (unpaired) electrons. The summed E-state index contributed by atoms with van der Waals surface area (Å²) in [5, 5.41) is 3.21. The average molecular weight is 285 g/mol. The molecule has 0 aromatic heterocycles. The van der Waals surface area contributed by atoms with E-state index in [1.165, 1.54) is 4.90 Å². The SMILES string of the molecule is COc1ccccc1Nc1ccc(C(=O)N(C)C)cc1N. The molecule has 0 fully saturated rings. The number of rotatable bonds is 4. The molecule has 0 saturated heterocycles. The molecule has 0 bridgehead atoms. The van der Waals surface area contributed by atoms with Crippen LogP contribution in [0.15, 0.2) is 42.5 Å². The maximum atomic E-state index is 11.9. The molecule has 3 N–H and O–H groups in total. The number of ether oxygens (including phenoxy) is 1. The lowest BCUT2D eigenvalue weighted by molar-refractivity contribution is 0.0827. The second-order valence-electron chi connectivity index (χ2n) is 4.83. The quantitative estimate of drug-likeness (QED) is 0.848. The van der Waals surface area contributed by atoms with Gasteiger partial charge >= 0.3 is 0 Å². The van der Waals surface area contributed by atoms with Crippen LogP contribution < -0.4 is 15.8 Å². The van der Waals surface area contributed by atoms with Crippen molar-refractivity contribution in [3.8, 4) is 5.75 Å². The molecule has 0 aliphatic rings. The fourth-order valence-corrected chi connectivity index (χ4v) is 1.96. The first kappa shape index (κ1) is 14.7. The Kier molecular flexibility index (Phi) is 4.33. The Morgan fingerprint density at radius 2 is 1.86 bits per heavy atom. The van der Waals surface area contributed by atoms with Crippen molar-refractivity contribution < 1.29 is 9.53 Å². The van der Waals surface area contributed by atoms with Crippen LogP contribution in [0, 0.1) is 0 Å². The van der Waals surface area contributed by atoms with Gasteiger partial charge < -0.3 is 20.7 Å². The molecule has 0 saturated carbocycles. The lowest BCUT2D eigenvalue weighted by atomic mass is 10.1. The van der Waals surface area contributed by atoms with Crippen molar-refractivity contribution in [3.05, 3.63) is 48.0 Å². The van der Waals surface area contributed by atoms with Crippen molar-refractivity contribution >= 4 is 23.0 Å². The van der Waals surface area contributed by atoms with E-state index in [0.29, 0.717) is 11.3 Å². The number of anilines is 3. The van der Waals surface area contributed by atoms with Crippen LogP contribution in [0.5, 0.6) is 5.75 Å². The molecule has 0 unspecified atom stereocenters. The molecule has 0 atom stereocenters. The summed E-state index contributed by atoms with van der Waals surface area (Å²) in [5.41, 5.74) is 8.64. The second kappa shape index (κ2) is 6.17. The van der Waals surface area contributed by atoms with Crippen molar-refractivity contribution in [3.63, 3.8) is 0 Å². The summed E-state index contributed by atoms with van der Waals surface area (Å²) in [6, 6.07) is 12.8. The van der Waals surface area contributed by atoms with Gasteiger partial charge in [-0.1, -0.05) is 12.1 Å². The van der Waals surface area contributed by atoms with Crippen LogP contribution in [0.4, 0.5) is 17.1 Å². The Balaban J connectivity index is 2.28. The molecule has 0 spiro atoms. The highest BCUT2D eigenvalue weighted by Crippen LogP contribution is 2.30. The summed E-state index contributed by atoms with van der Waals surface area (Å²) in [6.45, 7) is 0. The molecule has 0 aliphatic heterocycles. The van der Waals surface area contributed by atoms with E-state index >= 15 is 0 Å². The second-order valence-corrected chi connectivity index (χ2v) is 4.83. The number of nitrogens with zero attached hydrogens (tertiary/aromatic N) is 1. The summed E-state index contributed by atoms with van der Waals surface area (Å²) in [7, 11) is 5.03. The number of nitrogen functional groups attached to an aromatic ring is 1. The van der Waals surface area contributed by atoms with Crippen molar-refractivity contribution in [1.82, 2.24) is 4.90 Å². The highest BCUT2D eigenvalue weighted by atomic mass is 16.5. The first-order valence-electron chi connectivity index (χ1n) is 6.54. The largest absolute Gasteiger partial charge is 0.495 e. The maximum absolute atomic E-state index is 11.9. The molecular formula is C16H19N3O2. The first-order valence-corrected chi connectivity index (χ1v) is 6.54. The highest BCUT2D eigenvalue weighted by molar-refractivity contribution is 5.96. The van der Waals surface area contributed by atoms with Crippen LogP contribution in [0.3, 0.4) is 0 Å². The lowest BCUT2D eigenvalue weighted by Crippen LogP contribution is -2.21. The zero-order valence-electron chi connectivity index (χ0n) is 12.4. The van der Waals surface area contributed by atoms with Crippen molar-refractivity contribution in [2.45, 2.75) is 0 Å². The zero-order valence-corrected chi connectivity index (χ0v) is 12.4. The van der Waals surface area contributed by atoms with Gasteiger partial charge in [-0.2, -0.15) is 0 Å². The molecule has 2 rings (SSSR count). The zero-order chi connectivity index (χ0) is 15.4. The smallest absolute Gasteiger partial charge is 0.253 e. The molecular weight excluding hydrogens is 266 g/mol. The molecule has 1 amide bonds. The third-order valence-electron chi connectivity index (χ3n) is 3.08. The van der Waals surface area contributed by atoms with Crippen LogP contribution in [0.2, 0.25) is 0 Å². The fraction of sp³-hybridized carbons (Fsp3) is 0.188. The maximum Gasteiger partial charge on any atom is 0.253 e. The number of carbonyl (C=O) groups excluding carboxylic acids is 1. The van der Waals surface area contributed by atoms with Crippen molar-refractivity contribution in [2.75, 3.05) is 32.3 Å². The first-order chi connectivity index (χ1) is 10.0. The molecule has 5 nitrogen and oxygen atoms in total. The summed E-state index contributed by atoms with van der Waals surface area (Å²) in [5.74, 6) is 0.649. The molecule has 5 heteroatoms. The lowest BCUT2D eigenvalue weighted by Gasteiger charge is -2.15. The van der Waals surface area contributed by atoms with E-state index in [2.05, 4.69) is 5.32 Å². The van der Waals surface area contributed by atoms with Crippen LogP contribution in [0.1, 0.15) is 10.4 Å². The molecule has 2 aromatic carbocycles. The monoisotopic (exact) mass is 285 g/mol. The Morgan fingerprint density at radius 1 is 1.14 bits per heavy atom. The van der Waals surface area contributed by atoms with Gasteiger partial charge in [0, 0.05) is 19.7 Å². The third-order valence-corrected chi connectivity index (χ3v) is 3.08. The molecule has 2 aromatic rings. The van der Waals surface area contributed by atoms with Gasteiger partial charge in [0.15, 0.2) is 0 Å². The van der Waals surface area contributed by atoms with E-state index in [-0.39, 0.29) is 5.91 Å². The molecule has 110 valence electrons. The normalized spacial score (nSPS) is 10.0. The van der Waals surface area contributed by atoms with Gasteiger partial charge in [0.2, 0.25) is 0 Å². The van der Waals surface area contributed by atoms with Crippen LogP contribution >= 0.6 is 0 Å². The topological polar surface area (TPSA) is 67.6 Å². The van der Waals surface area contributed by atoms with Crippen molar-refractivity contribution in [2.24, 2.45) is 0 Å². The van der Waals surface area contributed by atoms with E-state index in [1.54, 1.807) is 39.4 Å². The number of hydrogen-bond donors (Lipinski definition) is 2. The third kappa shape index (κ3) is 3.25. The number of hydrogen-bond acceptors (Lipinski definition) is 4. The van der Waals surface area contributed by atoms with E-state index in [0.717, 1.165) is 17.1 Å². The van der Waals surface area contributed by atoms with Crippen LogP contribution in [0.25, 0.3) is 0 Å². The Hall–Kier alpha value is -2.69. The molecule has 21 heavy (non-hydrogen) atoms. The Labute approximate surface area is 124 Å². The number of methoxy groups -OCH3 is 1. The van der Waals surface area contributed by atoms with E-state index in [1.807, 2.05) is 24.3 Å². The predicted molar refractivity (Wildman–Crippen MR) is 85.1 cm³/mol. The summed E-state index contributed by atoms with van der Waals surface area (Å²) in [6.07, 6.45) is 0. The number of para-hydroxylation sites is 2. The van der Waals surface area contributed by atoms with Crippen LogP contribution in [-0.4, -0.2) is 32.0 Å². The van der Waals surface area contributed by atoms with Gasteiger partial charge in [0.25, 0.3) is 5.91 Å². The van der Waals surface area contributed by atoms with Gasteiger partial charge in [-0.15, -0.1) is 0 Å². The minimum Gasteiger partial charge on any atom is -0.495 e. The van der Waals surface area contributed by atoms with E-state index in [4.69, 9.17) is 10.5 Å². The molecule has 0 aliphatic carbocycles.